The summed E-state index contributed by atoms with van der Waals surface area (Å²) in [5.41, 5.74) is 2.72. The molecule has 2 nitrogen and oxygen atoms in total. The molecule has 0 atom stereocenters. The molecule has 2 heteroatoms. The molecule has 79 valence electrons. The molecule has 0 aromatic heterocycles. The van der Waals surface area contributed by atoms with Gasteiger partial charge in [-0.25, -0.2) is 0 Å². The Balaban J connectivity index is 2.06. The summed E-state index contributed by atoms with van der Waals surface area (Å²) in [4.78, 5) is 11.3. The number of aryl methyl sites for hydroxylation is 2. The number of fused-ring (bicyclic) bond motifs is 1. The maximum absolute atomic E-state index is 11.3. The first-order valence-electron chi connectivity index (χ1n) is 5.41. The molecule has 2 rings (SSSR count). The standard InChI is InChI=1S/C13H15O2/c1-2-4-13(14)15-12-8-7-10-5-3-6-11(10)9-12/h7-9H,1-6H2. The number of hydrogen-bond acceptors (Lipinski definition) is 2. The fourth-order valence-electron chi connectivity index (χ4n) is 1.94. The molecule has 1 aromatic carbocycles. The maximum atomic E-state index is 11.3. The Bertz CT molecular complexity index is 369. The molecule has 0 heterocycles. The molecule has 0 N–H and O–H groups in total. The smallest absolute Gasteiger partial charge is 0.311 e. The quantitative estimate of drug-likeness (QED) is 0.557. The van der Waals surface area contributed by atoms with Gasteiger partial charge in [-0.2, -0.15) is 0 Å². The zero-order valence-corrected chi connectivity index (χ0v) is 8.79. The third-order valence-electron chi connectivity index (χ3n) is 2.68. The molecule has 15 heavy (non-hydrogen) atoms. The minimum absolute atomic E-state index is 0.192. The second-order valence-electron chi connectivity index (χ2n) is 3.86. The van der Waals surface area contributed by atoms with E-state index in [0.717, 1.165) is 12.8 Å². The minimum Gasteiger partial charge on any atom is -0.427 e. The van der Waals surface area contributed by atoms with E-state index in [1.807, 2.05) is 12.1 Å². The van der Waals surface area contributed by atoms with Crippen molar-refractivity contribution in [1.29, 1.82) is 0 Å². The summed E-state index contributed by atoms with van der Waals surface area (Å²) in [7, 11) is 0. The average molecular weight is 203 g/mol. The van der Waals surface area contributed by atoms with E-state index in [2.05, 4.69) is 13.0 Å². The van der Waals surface area contributed by atoms with Crippen LogP contribution in [-0.2, 0) is 17.6 Å². The van der Waals surface area contributed by atoms with Crippen LogP contribution in [-0.4, -0.2) is 5.97 Å². The first kappa shape index (κ1) is 10.2. The molecular weight excluding hydrogens is 188 g/mol. The minimum atomic E-state index is -0.192. The lowest BCUT2D eigenvalue weighted by Gasteiger charge is -2.05. The van der Waals surface area contributed by atoms with E-state index in [9.17, 15) is 4.79 Å². The maximum Gasteiger partial charge on any atom is 0.311 e. The number of ether oxygens (including phenoxy) is 1. The van der Waals surface area contributed by atoms with Crippen LogP contribution in [0.2, 0.25) is 0 Å². The molecule has 0 aliphatic heterocycles. The normalized spacial score (nSPS) is 13.7. The highest BCUT2D eigenvalue weighted by molar-refractivity contribution is 5.72. The van der Waals surface area contributed by atoms with Crippen molar-refractivity contribution in [2.75, 3.05) is 0 Å². The summed E-state index contributed by atoms with van der Waals surface area (Å²) in [6, 6.07) is 5.93. The Hall–Kier alpha value is -1.31. The van der Waals surface area contributed by atoms with Crippen LogP contribution in [0.4, 0.5) is 0 Å². The van der Waals surface area contributed by atoms with Gasteiger partial charge in [-0.1, -0.05) is 13.0 Å². The fraction of sp³-hybridized carbons (Fsp3) is 0.385. The molecular formula is C13H15O2. The number of rotatable bonds is 3. The van der Waals surface area contributed by atoms with Crippen molar-refractivity contribution < 1.29 is 9.53 Å². The number of carbonyl (C=O) groups is 1. The Morgan fingerprint density at radius 3 is 2.93 bits per heavy atom. The van der Waals surface area contributed by atoms with Crippen LogP contribution in [0, 0.1) is 6.92 Å². The number of esters is 1. The first-order valence-corrected chi connectivity index (χ1v) is 5.41. The van der Waals surface area contributed by atoms with Crippen molar-refractivity contribution in [2.45, 2.75) is 32.1 Å². The fourth-order valence-corrected chi connectivity index (χ4v) is 1.94. The van der Waals surface area contributed by atoms with Crippen LogP contribution < -0.4 is 4.74 Å². The Morgan fingerprint density at radius 2 is 2.13 bits per heavy atom. The molecule has 1 radical (unpaired) electrons. The lowest BCUT2D eigenvalue weighted by Crippen LogP contribution is -2.07. The lowest BCUT2D eigenvalue weighted by atomic mass is 10.1. The number of benzene rings is 1. The van der Waals surface area contributed by atoms with E-state index < -0.39 is 0 Å². The molecule has 0 bridgehead atoms. The van der Waals surface area contributed by atoms with Crippen LogP contribution in [0.1, 0.15) is 30.4 Å². The van der Waals surface area contributed by atoms with Crippen molar-refractivity contribution in [1.82, 2.24) is 0 Å². The highest BCUT2D eigenvalue weighted by Gasteiger charge is 2.12. The van der Waals surface area contributed by atoms with Crippen molar-refractivity contribution in [2.24, 2.45) is 0 Å². The third kappa shape index (κ3) is 2.38. The predicted molar refractivity (Wildman–Crippen MR) is 58.7 cm³/mol. The van der Waals surface area contributed by atoms with E-state index >= 15 is 0 Å². The van der Waals surface area contributed by atoms with Gasteiger partial charge in [0.05, 0.1) is 0 Å². The number of hydrogen-bond donors (Lipinski definition) is 0. The van der Waals surface area contributed by atoms with Gasteiger partial charge in [0.15, 0.2) is 0 Å². The Labute approximate surface area is 90.3 Å². The second kappa shape index (κ2) is 4.47. The topological polar surface area (TPSA) is 26.3 Å². The van der Waals surface area contributed by atoms with E-state index in [1.165, 1.54) is 17.5 Å². The Morgan fingerprint density at radius 1 is 1.33 bits per heavy atom. The summed E-state index contributed by atoms with van der Waals surface area (Å²) < 4.78 is 5.20. The van der Waals surface area contributed by atoms with Crippen LogP contribution >= 0.6 is 0 Å². The van der Waals surface area contributed by atoms with Crippen LogP contribution in [0.15, 0.2) is 18.2 Å². The molecule has 0 spiro atoms. The van der Waals surface area contributed by atoms with Gasteiger partial charge >= 0.3 is 5.97 Å². The molecule has 0 amide bonds. The predicted octanol–water partition coefficient (Wildman–Crippen LogP) is 2.69. The number of carbonyl (C=O) groups excluding carboxylic acids is 1. The highest BCUT2D eigenvalue weighted by Crippen LogP contribution is 2.26. The van der Waals surface area contributed by atoms with Gasteiger partial charge in [-0.15, -0.1) is 0 Å². The van der Waals surface area contributed by atoms with Gasteiger partial charge < -0.3 is 4.74 Å². The molecule has 0 saturated heterocycles. The molecule has 1 aliphatic rings. The first-order chi connectivity index (χ1) is 7.29. The largest absolute Gasteiger partial charge is 0.427 e. The van der Waals surface area contributed by atoms with Crippen molar-refractivity contribution in [3.8, 4) is 5.75 Å². The molecule has 0 unspecified atom stereocenters. The van der Waals surface area contributed by atoms with Gasteiger partial charge in [0, 0.05) is 6.42 Å². The van der Waals surface area contributed by atoms with Crippen LogP contribution in [0.3, 0.4) is 0 Å². The monoisotopic (exact) mass is 203 g/mol. The zero-order valence-electron chi connectivity index (χ0n) is 8.79. The summed E-state index contributed by atoms with van der Waals surface area (Å²) in [6.45, 7) is 3.62. The second-order valence-corrected chi connectivity index (χ2v) is 3.86. The van der Waals surface area contributed by atoms with Crippen molar-refractivity contribution in [3.63, 3.8) is 0 Å². The molecule has 1 aromatic rings. The average Bonchev–Trinajstić information content (AvgIpc) is 2.65. The summed E-state index contributed by atoms with van der Waals surface area (Å²) in [6.07, 6.45) is 4.45. The molecule has 0 fully saturated rings. The van der Waals surface area contributed by atoms with Gasteiger partial charge in [0.1, 0.15) is 5.75 Å². The van der Waals surface area contributed by atoms with Crippen LogP contribution in [0.25, 0.3) is 0 Å². The van der Waals surface area contributed by atoms with Gasteiger partial charge in [0.25, 0.3) is 0 Å². The van der Waals surface area contributed by atoms with Gasteiger partial charge in [-0.3, -0.25) is 4.79 Å². The van der Waals surface area contributed by atoms with Crippen molar-refractivity contribution >= 4 is 5.97 Å². The van der Waals surface area contributed by atoms with Crippen LogP contribution in [0.5, 0.6) is 5.75 Å². The van der Waals surface area contributed by atoms with E-state index in [-0.39, 0.29) is 5.97 Å². The van der Waals surface area contributed by atoms with Gasteiger partial charge in [0.2, 0.25) is 0 Å². The van der Waals surface area contributed by atoms with Gasteiger partial charge in [-0.05, 0) is 48.9 Å². The van der Waals surface area contributed by atoms with E-state index in [4.69, 9.17) is 4.74 Å². The summed E-state index contributed by atoms with van der Waals surface area (Å²) >= 11 is 0. The molecule has 1 aliphatic carbocycles. The molecule has 0 saturated carbocycles. The van der Waals surface area contributed by atoms with E-state index in [0.29, 0.717) is 18.6 Å². The van der Waals surface area contributed by atoms with Crippen molar-refractivity contribution in [3.05, 3.63) is 36.2 Å². The lowest BCUT2D eigenvalue weighted by molar-refractivity contribution is -0.134. The zero-order chi connectivity index (χ0) is 10.7. The summed E-state index contributed by atoms with van der Waals surface area (Å²) in [5.74, 6) is 0.483. The summed E-state index contributed by atoms with van der Waals surface area (Å²) in [5, 5.41) is 0. The Kier molecular flexibility index (Phi) is 3.05. The highest BCUT2D eigenvalue weighted by atomic mass is 16.5. The third-order valence-corrected chi connectivity index (χ3v) is 2.68. The SMILES string of the molecule is [CH2]CCC(=O)Oc1ccc2c(c1)CCC2. The van der Waals surface area contributed by atoms with E-state index in [1.54, 1.807) is 0 Å².